The molecule has 0 aliphatic heterocycles. The van der Waals surface area contributed by atoms with Crippen LogP contribution in [0.3, 0.4) is 0 Å². The minimum atomic E-state index is -0.403. The van der Waals surface area contributed by atoms with Crippen molar-refractivity contribution in [1.29, 1.82) is 0 Å². The van der Waals surface area contributed by atoms with E-state index in [1.807, 2.05) is 11.8 Å². The molecule has 94 valence electrons. The number of thioether (sulfide) groups is 1. The number of hydrogen-bond acceptors (Lipinski definition) is 3. The molecule has 0 bridgehead atoms. The van der Waals surface area contributed by atoms with Gasteiger partial charge in [-0.15, -0.1) is 0 Å². The van der Waals surface area contributed by atoms with Crippen LogP contribution in [-0.4, -0.2) is 34.8 Å². The maximum Gasteiger partial charge on any atom is 0.0889 e. The first-order chi connectivity index (χ1) is 7.74. The van der Waals surface area contributed by atoms with Gasteiger partial charge in [0.25, 0.3) is 0 Å². The van der Waals surface area contributed by atoms with Crippen molar-refractivity contribution >= 4 is 11.8 Å². The van der Waals surface area contributed by atoms with Gasteiger partial charge < -0.3 is 10.4 Å². The van der Waals surface area contributed by atoms with Gasteiger partial charge >= 0.3 is 0 Å². The zero-order valence-corrected chi connectivity index (χ0v) is 11.2. The normalized spacial score (nSPS) is 35.2. The lowest BCUT2D eigenvalue weighted by Crippen LogP contribution is -2.56. The maximum absolute atomic E-state index is 10.4. The first-order valence-electron chi connectivity index (χ1n) is 6.79. The first-order valence-corrected chi connectivity index (χ1v) is 7.84. The van der Waals surface area contributed by atoms with Crippen LogP contribution >= 0.6 is 11.8 Å². The monoisotopic (exact) mass is 243 g/mol. The molecule has 2 fully saturated rings. The SMILES string of the molecule is CCSC1CCC1(O)CNCC1CCCC1. The number of nitrogens with one attached hydrogen (secondary N) is 1. The molecule has 2 nitrogen and oxygen atoms in total. The van der Waals surface area contributed by atoms with Gasteiger partial charge in [-0.25, -0.2) is 0 Å². The van der Waals surface area contributed by atoms with Crippen molar-refractivity contribution in [3.8, 4) is 0 Å². The second-order valence-electron chi connectivity index (χ2n) is 5.37. The van der Waals surface area contributed by atoms with Crippen molar-refractivity contribution in [3.63, 3.8) is 0 Å². The fourth-order valence-corrected chi connectivity index (χ4v) is 4.14. The summed E-state index contributed by atoms with van der Waals surface area (Å²) in [6, 6.07) is 0. The van der Waals surface area contributed by atoms with Crippen molar-refractivity contribution in [2.75, 3.05) is 18.8 Å². The minimum Gasteiger partial charge on any atom is -0.387 e. The fraction of sp³-hybridized carbons (Fsp3) is 1.00. The summed E-state index contributed by atoms with van der Waals surface area (Å²) < 4.78 is 0. The molecule has 0 aromatic heterocycles. The van der Waals surface area contributed by atoms with E-state index in [2.05, 4.69) is 12.2 Å². The standard InChI is InChI=1S/C13H25NOS/c1-2-16-12-7-8-13(12,15)10-14-9-11-5-3-4-6-11/h11-12,14-15H,2-10H2,1H3. The van der Waals surface area contributed by atoms with Gasteiger partial charge in [-0.2, -0.15) is 11.8 Å². The summed E-state index contributed by atoms with van der Waals surface area (Å²) in [7, 11) is 0. The smallest absolute Gasteiger partial charge is 0.0889 e. The summed E-state index contributed by atoms with van der Waals surface area (Å²) in [5.74, 6) is 2.00. The molecular formula is C13H25NOS. The Hall–Kier alpha value is 0.270. The van der Waals surface area contributed by atoms with E-state index in [9.17, 15) is 5.11 Å². The molecule has 2 N–H and O–H groups in total. The van der Waals surface area contributed by atoms with Crippen LogP contribution in [0.25, 0.3) is 0 Å². The van der Waals surface area contributed by atoms with E-state index >= 15 is 0 Å². The molecule has 0 heterocycles. The second kappa shape index (κ2) is 5.74. The Balaban J connectivity index is 1.64. The Kier molecular flexibility index (Phi) is 4.57. The first kappa shape index (κ1) is 12.7. The molecule has 0 spiro atoms. The van der Waals surface area contributed by atoms with Gasteiger partial charge in [0.2, 0.25) is 0 Å². The number of aliphatic hydroxyl groups is 1. The third kappa shape index (κ3) is 2.93. The molecule has 2 unspecified atom stereocenters. The van der Waals surface area contributed by atoms with E-state index in [0.717, 1.165) is 31.2 Å². The molecule has 3 heteroatoms. The second-order valence-corrected chi connectivity index (χ2v) is 6.85. The van der Waals surface area contributed by atoms with E-state index < -0.39 is 5.60 Å². The Labute approximate surface area is 104 Å². The van der Waals surface area contributed by atoms with Crippen molar-refractivity contribution in [3.05, 3.63) is 0 Å². The Morgan fingerprint density at radius 1 is 1.31 bits per heavy atom. The summed E-state index contributed by atoms with van der Waals surface area (Å²) in [5.41, 5.74) is -0.403. The van der Waals surface area contributed by atoms with E-state index in [4.69, 9.17) is 0 Å². The van der Waals surface area contributed by atoms with Crippen LogP contribution < -0.4 is 5.32 Å². The lowest BCUT2D eigenvalue weighted by molar-refractivity contribution is -0.0237. The van der Waals surface area contributed by atoms with Crippen LogP contribution in [0.15, 0.2) is 0 Å². The van der Waals surface area contributed by atoms with Gasteiger partial charge in [0.1, 0.15) is 0 Å². The zero-order valence-electron chi connectivity index (χ0n) is 10.4. The Morgan fingerprint density at radius 3 is 2.62 bits per heavy atom. The molecule has 2 rings (SSSR count). The lowest BCUT2D eigenvalue weighted by Gasteiger charge is -2.45. The molecule has 2 aliphatic carbocycles. The highest BCUT2D eigenvalue weighted by molar-refractivity contribution is 8.00. The summed E-state index contributed by atoms with van der Waals surface area (Å²) in [6.45, 7) is 4.10. The van der Waals surface area contributed by atoms with Crippen molar-refractivity contribution < 1.29 is 5.11 Å². The fourth-order valence-electron chi connectivity index (χ4n) is 2.94. The predicted octanol–water partition coefficient (Wildman–Crippen LogP) is 2.41. The maximum atomic E-state index is 10.4. The zero-order chi connectivity index (χ0) is 11.4. The lowest BCUT2D eigenvalue weighted by atomic mass is 9.79. The van der Waals surface area contributed by atoms with Gasteiger partial charge in [-0.3, -0.25) is 0 Å². The molecule has 0 radical (unpaired) electrons. The molecular weight excluding hydrogens is 218 g/mol. The predicted molar refractivity (Wildman–Crippen MR) is 70.9 cm³/mol. The van der Waals surface area contributed by atoms with E-state index in [-0.39, 0.29) is 0 Å². The minimum absolute atomic E-state index is 0.403. The molecule has 0 saturated heterocycles. The van der Waals surface area contributed by atoms with E-state index in [1.54, 1.807) is 0 Å². The van der Waals surface area contributed by atoms with Gasteiger partial charge in [-0.05, 0) is 43.9 Å². The third-order valence-corrected chi connectivity index (χ3v) is 5.56. The van der Waals surface area contributed by atoms with Crippen LogP contribution in [0.5, 0.6) is 0 Å². The molecule has 0 aromatic rings. The van der Waals surface area contributed by atoms with Crippen molar-refractivity contribution in [1.82, 2.24) is 5.32 Å². The van der Waals surface area contributed by atoms with Crippen molar-refractivity contribution in [2.45, 2.75) is 56.3 Å². The number of rotatable bonds is 6. The van der Waals surface area contributed by atoms with Gasteiger partial charge in [0, 0.05) is 11.8 Å². The van der Waals surface area contributed by atoms with Gasteiger partial charge in [0.05, 0.1) is 5.60 Å². The summed E-state index contributed by atoms with van der Waals surface area (Å²) in [6.07, 6.45) is 7.77. The largest absolute Gasteiger partial charge is 0.387 e. The molecule has 0 aromatic carbocycles. The van der Waals surface area contributed by atoms with Crippen LogP contribution in [-0.2, 0) is 0 Å². The molecule has 2 saturated carbocycles. The topological polar surface area (TPSA) is 32.3 Å². The summed E-state index contributed by atoms with van der Waals surface area (Å²) in [4.78, 5) is 0. The van der Waals surface area contributed by atoms with Crippen molar-refractivity contribution in [2.24, 2.45) is 5.92 Å². The highest BCUT2D eigenvalue weighted by Crippen LogP contribution is 2.40. The quantitative estimate of drug-likeness (QED) is 0.751. The third-order valence-electron chi connectivity index (χ3n) is 4.15. The summed E-state index contributed by atoms with van der Waals surface area (Å²) >= 11 is 1.92. The van der Waals surface area contributed by atoms with Crippen LogP contribution in [0.2, 0.25) is 0 Å². The van der Waals surface area contributed by atoms with E-state index in [0.29, 0.717) is 5.25 Å². The molecule has 2 aliphatic rings. The molecule has 0 amide bonds. The van der Waals surface area contributed by atoms with Crippen LogP contribution in [0.1, 0.15) is 45.4 Å². The highest BCUT2D eigenvalue weighted by atomic mass is 32.2. The van der Waals surface area contributed by atoms with Gasteiger partial charge in [-0.1, -0.05) is 19.8 Å². The Bertz CT molecular complexity index is 218. The average molecular weight is 243 g/mol. The average Bonchev–Trinajstić information content (AvgIpc) is 2.77. The van der Waals surface area contributed by atoms with Crippen LogP contribution in [0, 0.1) is 5.92 Å². The highest BCUT2D eigenvalue weighted by Gasteiger charge is 2.44. The van der Waals surface area contributed by atoms with Gasteiger partial charge in [0.15, 0.2) is 0 Å². The van der Waals surface area contributed by atoms with Crippen LogP contribution in [0.4, 0.5) is 0 Å². The molecule has 16 heavy (non-hydrogen) atoms. The summed E-state index contributed by atoms with van der Waals surface area (Å²) in [5, 5.41) is 14.4. The molecule has 2 atom stereocenters. The number of hydrogen-bond donors (Lipinski definition) is 2. The Morgan fingerprint density at radius 2 is 2.06 bits per heavy atom. The van der Waals surface area contributed by atoms with E-state index in [1.165, 1.54) is 32.1 Å².